The van der Waals surface area contributed by atoms with Crippen LogP contribution in [0.1, 0.15) is 20.8 Å². The highest BCUT2D eigenvalue weighted by atomic mass is 32.2. The van der Waals surface area contributed by atoms with Crippen molar-refractivity contribution in [2.45, 2.75) is 31.8 Å². The third kappa shape index (κ3) is 2.46. The van der Waals surface area contributed by atoms with E-state index < -0.39 is 9.84 Å². The number of nitrogens with one attached hydrogen (secondary N) is 1. The number of hydrogen-bond donors (Lipinski definition) is 1. The zero-order valence-corrected chi connectivity index (χ0v) is 11.8. The number of hydrogen-bond acceptors (Lipinski definition) is 4. The summed E-state index contributed by atoms with van der Waals surface area (Å²) >= 11 is 0. The van der Waals surface area contributed by atoms with E-state index in [9.17, 15) is 8.42 Å². The summed E-state index contributed by atoms with van der Waals surface area (Å²) in [7, 11) is -3.16. The molecule has 2 rings (SSSR count). The number of benzene rings is 1. The molecule has 1 N–H and O–H groups in total. The number of sulfone groups is 1. The van der Waals surface area contributed by atoms with Gasteiger partial charge in [-0.05, 0) is 24.1 Å². The van der Waals surface area contributed by atoms with Crippen LogP contribution < -0.4 is 10.1 Å². The van der Waals surface area contributed by atoms with Crippen LogP contribution in [0.3, 0.4) is 0 Å². The molecular formula is C13H19NO3S. The van der Waals surface area contributed by atoms with E-state index in [-0.39, 0.29) is 11.9 Å². The van der Waals surface area contributed by atoms with Crippen LogP contribution in [0.25, 0.3) is 0 Å². The SMILES string of the molecule is CCS(=O)(=O)c1ccc2c(c1)NCC(C(C)C)O2. The van der Waals surface area contributed by atoms with Gasteiger partial charge in [-0.1, -0.05) is 20.8 Å². The lowest BCUT2D eigenvalue weighted by molar-refractivity contribution is 0.156. The molecule has 0 saturated carbocycles. The Balaban J connectivity index is 2.31. The summed E-state index contributed by atoms with van der Waals surface area (Å²) in [4.78, 5) is 0.350. The topological polar surface area (TPSA) is 55.4 Å². The van der Waals surface area contributed by atoms with Crippen molar-refractivity contribution >= 4 is 15.5 Å². The monoisotopic (exact) mass is 269 g/mol. The van der Waals surface area contributed by atoms with E-state index in [1.54, 1.807) is 25.1 Å². The zero-order chi connectivity index (χ0) is 13.3. The van der Waals surface area contributed by atoms with Gasteiger partial charge in [-0.2, -0.15) is 0 Å². The van der Waals surface area contributed by atoms with Gasteiger partial charge >= 0.3 is 0 Å². The molecule has 0 bridgehead atoms. The first-order chi connectivity index (χ1) is 8.44. The Labute approximate surface area is 108 Å². The molecule has 1 aliphatic heterocycles. The van der Waals surface area contributed by atoms with E-state index >= 15 is 0 Å². The highest BCUT2D eigenvalue weighted by Gasteiger charge is 2.23. The molecule has 0 radical (unpaired) electrons. The predicted molar refractivity (Wildman–Crippen MR) is 71.9 cm³/mol. The van der Waals surface area contributed by atoms with Gasteiger partial charge in [0.2, 0.25) is 0 Å². The molecule has 1 atom stereocenters. The van der Waals surface area contributed by atoms with Crippen molar-refractivity contribution in [3.63, 3.8) is 0 Å². The van der Waals surface area contributed by atoms with Crippen LogP contribution in [0.4, 0.5) is 5.69 Å². The van der Waals surface area contributed by atoms with Crippen LogP contribution in [0.2, 0.25) is 0 Å². The maximum Gasteiger partial charge on any atom is 0.178 e. The minimum absolute atomic E-state index is 0.112. The summed E-state index contributed by atoms with van der Waals surface area (Å²) < 4.78 is 29.4. The lowest BCUT2D eigenvalue weighted by Crippen LogP contribution is -2.35. The minimum Gasteiger partial charge on any atom is -0.486 e. The maximum atomic E-state index is 11.8. The molecule has 0 amide bonds. The summed E-state index contributed by atoms with van der Waals surface area (Å²) in [6, 6.07) is 5.01. The lowest BCUT2D eigenvalue weighted by atomic mass is 10.1. The van der Waals surface area contributed by atoms with Gasteiger partial charge in [0, 0.05) is 0 Å². The van der Waals surface area contributed by atoms with Gasteiger partial charge in [0.05, 0.1) is 22.9 Å². The number of fused-ring (bicyclic) bond motifs is 1. The van der Waals surface area contributed by atoms with E-state index in [2.05, 4.69) is 19.2 Å². The molecule has 1 unspecified atom stereocenters. The third-order valence-electron chi connectivity index (χ3n) is 3.21. The first-order valence-corrected chi connectivity index (χ1v) is 7.86. The number of rotatable bonds is 3. The zero-order valence-electron chi connectivity index (χ0n) is 10.9. The molecule has 1 aliphatic rings. The van der Waals surface area contributed by atoms with Crippen molar-refractivity contribution in [2.24, 2.45) is 5.92 Å². The smallest absolute Gasteiger partial charge is 0.178 e. The Morgan fingerprint density at radius 3 is 2.78 bits per heavy atom. The van der Waals surface area contributed by atoms with Gasteiger partial charge < -0.3 is 10.1 Å². The summed E-state index contributed by atoms with van der Waals surface area (Å²) in [5, 5.41) is 3.24. The van der Waals surface area contributed by atoms with Gasteiger partial charge in [-0.25, -0.2) is 8.42 Å². The first kappa shape index (κ1) is 13.2. The Kier molecular flexibility index (Phi) is 3.52. The molecule has 0 aromatic heterocycles. The summed E-state index contributed by atoms with van der Waals surface area (Å²) in [6.45, 7) is 6.56. The molecule has 18 heavy (non-hydrogen) atoms. The van der Waals surface area contributed by atoms with Gasteiger partial charge in [0.1, 0.15) is 11.9 Å². The molecule has 1 heterocycles. The summed E-state index contributed by atoms with van der Waals surface area (Å²) in [5.41, 5.74) is 0.765. The van der Waals surface area contributed by atoms with E-state index in [0.717, 1.165) is 11.4 Å². The van der Waals surface area contributed by atoms with Crippen LogP contribution in [0, 0.1) is 5.92 Å². The van der Waals surface area contributed by atoms with E-state index in [1.807, 2.05) is 0 Å². The largest absolute Gasteiger partial charge is 0.486 e. The average Bonchev–Trinajstić information content (AvgIpc) is 2.37. The molecule has 0 spiro atoms. The molecule has 4 nitrogen and oxygen atoms in total. The van der Waals surface area contributed by atoms with Crippen molar-refractivity contribution in [1.29, 1.82) is 0 Å². The maximum absolute atomic E-state index is 11.8. The molecule has 0 aliphatic carbocycles. The van der Waals surface area contributed by atoms with Gasteiger partial charge in [-0.15, -0.1) is 0 Å². The van der Waals surface area contributed by atoms with E-state index in [1.165, 1.54) is 0 Å². The highest BCUT2D eigenvalue weighted by molar-refractivity contribution is 7.91. The second kappa shape index (κ2) is 4.80. The molecule has 1 aromatic rings. The average molecular weight is 269 g/mol. The van der Waals surface area contributed by atoms with E-state index in [4.69, 9.17) is 4.74 Å². The fourth-order valence-corrected chi connectivity index (χ4v) is 2.80. The van der Waals surface area contributed by atoms with Crippen LogP contribution in [0.5, 0.6) is 5.75 Å². The summed E-state index contributed by atoms with van der Waals surface area (Å²) in [6.07, 6.45) is 0.131. The van der Waals surface area contributed by atoms with Crippen LogP contribution >= 0.6 is 0 Å². The Morgan fingerprint density at radius 2 is 2.17 bits per heavy atom. The normalized spacial score (nSPS) is 19.0. The van der Waals surface area contributed by atoms with Crippen LogP contribution in [-0.4, -0.2) is 26.8 Å². The van der Waals surface area contributed by atoms with Crippen molar-refractivity contribution in [2.75, 3.05) is 17.6 Å². The summed E-state index contributed by atoms with van der Waals surface area (Å²) in [5.74, 6) is 1.26. The second-order valence-electron chi connectivity index (χ2n) is 4.84. The first-order valence-electron chi connectivity index (χ1n) is 6.21. The van der Waals surface area contributed by atoms with Crippen LogP contribution in [0.15, 0.2) is 23.1 Å². The molecule has 100 valence electrons. The fourth-order valence-electron chi connectivity index (χ4n) is 1.90. The molecular weight excluding hydrogens is 250 g/mol. The Morgan fingerprint density at radius 1 is 1.44 bits per heavy atom. The quantitative estimate of drug-likeness (QED) is 0.915. The fraction of sp³-hybridized carbons (Fsp3) is 0.538. The molecule has 5 heteroatoms. The lowest BCUT2D eigenvalue weighted by Gasteiger charge is -2.30. The highest BCUT2D eigenvalue weighted by Crippen LogP contribution is 2.33. The van der Waals surface area contributed by atoms with Crippen molar-refractivity contribution in [3.8, 4) is 5.75 Å². The van der Waals surface area contributed by atoms with Gasteiger partial charge in [-0.3, -0.25) is 0 Å². The van der Waals surface area contributed by atoms with Gasteiger partial charge in [0.15, 0.2) is 9.84 Å². The van der Waals surface area contributed by atoms with Crippen molar-refractivity contribution in [1.82, 2.24) is 0 Å². The molecule has 0 fully saturated rings. The Bertz CT molecular complexity index is 537. The Hall–Kier alpha value is -1.23. The number of anilines is 1. The van der Waals surface area contributed by atoms with Gasteiger partial charge in [0.25, 0.3) is 0 Å². The molecule has 0 saturated heterocycles. The third-order valence-corrected chi connectivity index (χ3v) is 4.94. The van der Waals surface area contributed by atoms with Crippen molar-refractivity contribution in [3.05, 3.63) is 18.2 Å². The van der Waals surface area contributed by atoms with E-state index in [0.29, 0.717) is 17.4 Å². The standard InChI is InChI=1S/C13H19NO3S/c1-4-18(15,16)10-5-6-12-11(7-10)14-8-13(17-12)9(2)3/h5-7,9,13-14H,4,8H2,1-3H3. The van der Waals surface area contributed by atoms with Crippen LogP contribution in [-0.2, 0) is 9.84 Å². The second-order valence-corrected chi connectivity index (χ2v) is 7.12. The molecule has 1 aromatic carbocycles. The number of ether oxygens (including phenoxy) is 1. The van der Waals surface area contributed by atoms with Crippen molar-refractivity contribution < 1.29 is 13.2 Å². The minimum atomic E-state index is -3.16. The predicted octanol–water partition coefficient (Wildman–Crippen LogP) is 2.31.